The van der Waals surface area contributed by atoms with Gasteiger partial charge in [-0.25, -0.2) is 4.79 Å². The number of carboxylic acids is 1. The van der Waals surface area contributed by atoms with Crippen molar-refractivity contribution in [2.24, 2.45) is 11.8 Å². The maximum Gasteiger partial charge on any atom is 0.341 e. The minimum Gasteiger partial charge on any atom is -0.487 e. The molecule has 1 N–H and O–H groups in total. The van der Waals surface area contributed by atoms with E-state index in [9.17, 15) is 4.79 Å². The molecule has 3 heterocycles. The van der Waals surface area contributed by atoms with Crippen LogP contribution in [0, 0.1) is 11.8 Å². The van der Waals surface area contributed by atoms with E-state index in [2.05, 4.69) is 18.7 Å². The summed E-state index contributed by atoms with van der Waals surface area (Å²) in [5.41, 5.74) is 1.97. The zero-order chi connectivity index (χ0) is 23.2. The van der Waals surface area contributed by atoms with Gasteiger partial charge in [0.05, 0.1) is 12.2 Å². The molecule has 2 aromatic carbocycles. The second-order valence-corrected chi connectivity index (χ2v) is 10.4. The predicted octanol–water partition coefficient (Wildman–Crippen LogP) is 4.94. The number of aliphatic carboxylic acids is 1. The SMILES string of the molecule is CC1(C)Oc2ccc(Cl)cc2[C@@H]2O[C@@H]3CCN(Cc4ccc(OCC(=O)O)cc4)C[C@H]3C[C@H]21. The van der Waals surface area contributed by atoms with Crippen LogP contribution < -0.4 is 9.47 Å². The van der Waals surface area contributed by atoms with E-state index >= 15 is 0 Å². The third kappa shape index (κ3) is 4.70. The van der Waals surface area contributed by atoms with Crippen LogP contribution in [0.4, 0.5) is 0 Å². The van der Waals surface area contributed by atoms with Crippen LogP contribution in [0.5, 0.6) is 11.5 Å². The molecular formula is C26H30ClNO5. The molecule has 0 bridgehead atoms. The lowest BCUT2D eigenvalue weighted by Gasteiger charge is -2.53. The highest BCUT2D eigenvalue weighted by atomic mass is 35.5. The Kier molecular flexibility index (Phi) is 6.02. The number of hydrogen-bond donors (Lipinski definition) is 1. The highest BCUT2D eigenvalue weighted by Crippen LogP contribution is 2.53. The summed E-state index contributed by atoms with van der Waals surface area (Å²) >= 11 is 6.30. The summed E-state index contributed by atoms with van der Waals surface area (Å²) < 4.78 is 18.4. The third-order valence-corrected chi connectivity index (χ3v) is 7.46. The maximum atomic E-state index is 10.7. The van der Waals surface area contributed by atoms with Gasteiger partial charge in [0.25, 0.3) is 0 Å². The van der Waals surface area contributed by atoms with Crippen molar-refractivity contribution in [3.05, 3.63) is 58.6 Å². The molecule has 7 heteroatoms. The van der Waals surface area contributed by atoms with Gasteiger partial charge in [0.2, 0.25) is 0 Å². The Morgan fingerprint density at radius 3 is 2.79 bits per heavy atom. The van der Waals surface area contributed by atoms with Crippen LogP contribution in [0.15, 0.2) is 42.5 Å². The van der Waals surface area contributed by atoms with E-state index in [1.54, 1.807) is 0 Å². The molecule has 6 nitrogen and oxygen atoms in total. The Morgan fingerprint density at radius 2 is 2.03 bits per heavy atom. The van der Waals surface area contributed by atoms with Gasteiger partial charge < -0.3 is 19.3 Å². The molecule has 2 aromatic rings. The largest absolute Gasteiger partial charge is 0.487 e. The van der Waals surface area contributed by atoms with Gasteiger partial charge >= 0.3 is 5.97 Å². The molecule has 0 amide bonds. The van der Waals surface area contributed by atoms with Gasteiger partial charge in [-0.15, -0.1) is 0 Å². The molecule has 3 aliphatic rings. The van der Waals surface area contributed by atoms with E-state index in [0.717, 1.165) is 48.8 Å². The first-order valence-electron chi connectivity index (χ1n) is 11.6. The Bertz CT molecular complexity index is 1020. The molecule has 0 aliphatic carbocycles. The van der Waals surface area contributed by atoms with E-state index in [1.807, 2.05) is 42.5 Å². The molecule has 33 heavy (non-hydrogen) atoms. The van der Waals surface area contributed by atoms with E-state index in [1.165, 1.54) is 5.56 Å². The number of carboxylic acid groups (broad SMARTS) is 1. The van der Waals surface area contributed by atoms with Gasteiger partial charge in [0.1, 0.15) is 17.1 Å². The van der Waals surface area contributed by atoms with E-state index in [0.29, 0.717) is 11.7 Å². The minimum absolute atomic E-state index is 0.0218. The number of nitrogens with zero attached hydrogens (tertiary/aromatic N) is 1. The molecular weight excluding hydrogens is 442 g/mol. The number of ether oxygens (including phenoxy) is 3. The first-order valence-corrected chi connectivity index (χ1v) is 12.0. The quantitative estimate of drug-likeness (QED) is 0.666. The summed E-state index contributed by atoms with van der Waals surface area (Å²) in [4.78, 5) is 13.2. The van der Waals surface area contributed by atoms with Crippen molar-refractivity contribution in [2.45, 2.75) is 51.0 Å². The van der Waals surface area contributed by atoms with Crippen LogP contribution in [0.2, 0.25) is 5.02 Å². The van der Waals surface area contributed by atoms with E-state index in [-0.39, 0.29) is 30.3 Å². The molecule has 0 saturated carbocycles. The molecule has 2 fully saturated rings. The van der Waals surface area contributed by atoms with E-state index in [4.69, 9.17) is 30.9 Å². The summed E-state index contributed by atoms with van der Waals surface area (Å²) in [6, 6.07) is 13.5. The van der Waals surface area contributed by atoms with Gasteiger partial charge in [0, 0.05) is 36.1 Å². The minimum atomic E-state index is -0.975. The predicted molar refractivity (Wildman–Crippen MR) is 125 cm³/mol. The smallest absolute Gasteiger partial charge is 0.341 e. The number of piperidine rings is 1. The molecule has 5 rings (SSSR count). The van der Waals surface area contributed by atoms with Crippen LogP contribution >= 0.6 is 11.6 Å². The van der Waals surface area contributed by atoms with Crippen molar-refractivity contribution in [2.75, 3.05) is 19.7 Å². The summed E-state index contributed by atoms with van der Waals surface area (Å²) in [6.07, 6.45) is 2.33. The Balaban J connectivity index is 1.25. The number of benzene rings is 2. The fourth-order valence-corrected chi connectivity index (χ4v) is 5.78. The van der Waals surface area contributed by atoms with Crippen molar-refractivity contribution in [3.63, 3.8) is 0 Å². The van der Waals surface area contributed by atoms with Crippen molar-refractivity contribution in [1.82, 2.24) is 4.90 Å². The highest BCUT2D eigenvalue weighted by molar-refractivity contribution is 6.30. The lowest BCUT2D eigenvalue weighted by molar-refractivity contribution is -0.187. The normalized spacial score (nSPS) is 28.1. The molecule has 176 valence electrons. The number of rotatable bonds is 5. The second-order valence-electron chi connectivity index (χ2n) is 9.94. The molecule has 0 aromatic heterocycles. The fourth-order valence-electron chi connectivity index (χ4n) is 5.59. The second kappa shape index (κ2) is 8.82. The average molecular weight is 472 g/mol. The third-order valence-electron chi connectivity index (χ3n) is 7.23. The summed E-state index contributed by atoms with van der Waals surface area (Å²) in [6.45, 7) is 6.84. The molecule has 0 spiro atoms. The monoisotopic (exact) mass is 471 g/mol. The molecule has 0 radical (unpaired) electrons. The zero-order valence-corrected chi connectivity index (χ0v) is 19.8. The number of fused-ring (bicyclic) bond motifs is 4. The number of hydrogen-bond acceptors (Lipinski definition) is 5. The fraction of sp³-hybridized carbons (Fsp3) is 0.500. The van der Waals surface area contributed by atoms with Gasteiger partial charge in [-0.1, -0.05) is 23.7 Å². The lowest BCUT2D eigenvalue weighted by Crippen LogP contribution is -2.55. The van der Waals surface area contributed by atoms with Crippen LogP contribution in [0.25, 0.3) is 0 Å². The summed E-state index contributed by atoms with van der Waals surface area (Å²) in [5.74, 6) is 1.22. The molecule has 3 aliphatic heterocycles. The average Bonchev–Trinajstić information content (AvgIpc) is 2.78. The van der Waals surface area contributed by atoms with Crippen LogP contribution in [0.3, 0.4) is 0 Å². The number of halogens is 1. The maximum absolute atomic E-state index is 10.7. The van der Waals surface area contributed by atoms with Gasteiger partial charge in [-0.05, 0) is 68.5 Å². The van der Waals surface area contributed by atoms with Crippen LogP contribution in [-0.2, 0) is 16.1 Å². The van der Waals surface area contributed by atoms with Crippen molar-refractivity contribution in [1.29, 1.82) is 0 Å². The van der Waals surface area contributed by atoms with E-state index < -0.39 is 5.97 Å². The zero-order valence-electron chi connectivity index (χ0n) is 19.0. The highest BCUT2D eigenvalue weighted by Gasteiger charge is 2.51. The van der Waals surface area contributed by atoms with Crippen LogP contribution in [-0.4, -0.2) is 47.4 Å². The first-order chi connectivity index (χ1) is 15.8. The molecule has 0 unspecified atom stereocenters. The van der Waals surface area contributed by atoms with Gasteiger partial charge in [-0.3, -0.25) is 4.90 Å². The molecule has 2 saturated heterocycles. The Hall–Kier alpha value is -2.28. The van der Waals surface area contributed by atoms with Crippen molar-refractivity contribution < 1.29 is 24.1 Å². The lowest BCUT2D eigenvalue weighted by atomic mass is 9.70. The van der Waals surface area contributed by atoms with Crippen molar-refractivity contribution >= 4 is 17.6 Å². The Labute approximate surface area is 199 Å². The van der Waals surface area contributed by atoms with Crippen LogP contribution in [0.1, 0.15) is 43.9 Å². The number of carbonyl (C=O) groups is 1. The molecule has 4 atom stereocenters. The van der Waals surface area contributed by atoms with Crippen molar-refractivity contribution in [3.8, 4) is 11.5 Å². The Morgan fingerprint density at radius 1 is 1.24 bits per heavy atom. The summed E-state index contributed by atoms with van der Waals surface area (Å²) in [5, 5.41) is 9.47. The van der Waals surface area contributed by atoms with Gasteiger partial charge in [0.15, 0.2) is 6.61 Å². The topological polar surface area (TPSA) is 68.2 Å². The first kappa shape index (κ1) is 22.5. The van der Waals surface area contributed by atoms with Gasteiger partial charge in [-0.2, -0.15) is 0 Å². The number of likely N-dealkylation sites (tertiary alicyclic amines) is 1. The standard InChI is InChI=1S/C26H30ClNO5/c1-26(2)21-11-17-14-28(13-16-3-6-19(7-4-16)31-15-24(29)30)10-9-22(17)32-25(21)20-12-18(27)5-8-23(20)33-26/h3-8,12,17,21-22,25H,9-11,13-15H2,1-2H3,(H,29,30)/t17-,21-,22-,25+/m1/s1. The summed E-state index contributed by atoms with van der Waals surface area (Å²) in [7, 11) is 0.